The van der Waals surface area contributed by atoms with Gasteiger partial charge in [0.2, 0.25) is 5.90 Å². The predicted octanol–water partition coefficient (Wildman–Crippen LogP) is 4.80. The molecule has 130 valence electrons. The third-order valence-electron chi connectivity index (χ3n) is 3.51. The van der Waals surface area contributed by atoms with Crippen LogP contribution >= 0.6 is 12.4 Å². The van der Waals surface area contributed by atoms with Crippen molar-refractivity contribution in [2.75, 3.05) is 6.61 Å². The largest absolute Gasteiger partial charge is 0.478 e. The lowest BCUT2D eigenvalue weighted by atomic mass is 10.1. The van der Waals surface area contributed by atoms with E-state index in [-0.39, 0.29) is 29.6 Å². The zero-order valence-electron chi connectivity index (χ0n) is 13.3. The molecule has 0 saturated carbocycles. The zero-order valence-corrected chi connectivity index (χ0v) is 14.2. The van der Waals surface area contributed by atoms with Gasteiger partial charge in [-0.1, -0.05) is 18.2 Å². The lowest BCUT2D eigenvalue weighted by Crippen LogP contribution is -2.05. The van der Waals surface area contributed by atoms with E-state index < -0.39 is 5.82 Å². The van der Waals surface area contributed by atoms with Gasteiger partial charge < -0.3 is 4.74 Å². The monoisotopic (exact) mass is 363 g/mol. The summed E-state index contributed by atoms with van der Waals surface area (Å²) in [6, 6.07) is 8.90. The summed E-state index contributed by atoms with van der Waals surface area (Å²) in [5.74, 6) is -0.919. The minimum Gasteiger partial charge on any atom is -0.478 e. The molecule has 4 nitrogen and oxygen atoms in total. The quantitative estimate of drug-likeness (QED) is 0.517. The summed E-state index contributed by atoms with van der Waals surface area (Å²) in [5.41, 5.74) is 1.94. The van der Waals surface area contributed by atoms with Crippen LogP contribution in [0.3, 0.4) is 0 Å². The van der Waals surface area contributed by atoms with Crippen molar-refractivity contribution >= 4 is 41.4 Å². The van der Waals surface area contributed by atoms with Crippen molar-refractivity contribution in [2.45, 2.75) is 6.92 Å². The van der Waals surface area contributed by atoms with Gasteiger partial charge in [-0.2, -0.15) is 5.10 Å². The highest BCUT2D eigenvalue weighted by Crippen LogP contribution is 2.23. The van der Waals surface area contributed by atoms with Gasteiger partial charge in [-0.25, -0.2) is 8.78 Å². The lowest BCUT2D eigenvalue weighted by Gasteiger charge is -2.05. The van der Waals surface area contributed by atoms with Crippen molar-refractivity contribution < 1.29 is 13.5 Å². The maximum absolute atomic E-state index is 14.2. The second-order valence-electron chi connectivity index (χ2n) is 5.14. The minimum atomic E-state index is -0.523. The van der Waals surface area contributed by atoms with Gasteiger partial charge in [-0.15, -0.1) is 12.4 Å². The van der Waals surface area contributed by atoms with E-state index in [4.69, 9.17) is 10.1 Å². The highest BCUT2D eigenvalue weighted by Gasteiger charge is 2.13. The Labute approximate surface area is 149 Å². The summed E-state index contributed by atoms with van der Waals surface area (Å²) in [4.78, 5) is 0. The third kappa shape index (κ3) is 4.03. The number of rotatable bonds is 4. The molecule has 1 heterocycles. The number of hydrogen-bond acceptors (Lipinski definition) is 3. The lowest BCUT2D eigenvalue weighted by molar-refractivity contribution is 0.325. The van der Waals surface area contributed by atoms with E-state index in [1.165, 1.54) is 18.2 Å². The van der Waals surface area contributed by atoms with Crippen LogP contribution in [0.2, 0.25) is 0 Å². The van der Waals surface area contributed by atoms with Gasteiger partial charge >= 0.3 is 0 Å². The molecule has 0 bridgehead atoms. The fraction of sp³-hybridized carbons (Fsp3) is 0.111. The van der Waals surface area contributed by atoms with Gasteiger partial charge in [0.25, 0.3) is 0 Å². The van der Waals surface area contributed by atoms with Gasteiger partial charge in [0, 0.05) is 10.9 Å². The van der Waals surface area contributed by atoms with Crippen molar-refractivity contribution in [1.29, 1.82) is 5.41 Å². The van der Waals surface area contributed by atoms with Crippen LogP contribution in [0, 0.1) is 17.0 Å². The third-order valence-corrected chi connectivity index (χ3v) is 3.51. The molecule has 0 atom stereocenters. The smallest absolute Gasteiger partial charge is 0.213 e. The van der Waals surface area contributed by atoms with Crippen LogP contribution in [0.25, 0.3) is 23.1 Å². The molecule has 1 aromatic heterocycles. The molecule has 0 unspecified atom stereocenters. The maximum atomic E-state index is 14.2. The number of nitrogens with zero attached hydrogens (tertiary/aromatic N) is 1. The van der Waals surface area contributed by atoms with E-state index in [1.54, 1.807) is 37.3 Å². The van der Waals surface area contributed by atoms with E-state index in [0.717, 1.165) is 5.56 Å². The van der Waals surface area contributed by atoms with Crippen LogP contribution in [0.1, 0.15) is 23.7 Å². The molecule has 0 aliphatic carbocycles. The molecule has 2 N–H and O–H groups in total. The summed E-state index contributed by atoms with van der Waals surface area (Å²) in [7, 11) is 0. The number of benzene rings is 2. The highest BCUT2D eigenvalue weighted by molar-refractivity contribution is 5.98. The molecule has 25 heavy (non-hydrogen) atoms. The van der Waals surface area contributed by atoms with Gasteiger partial charge in [0.05, 0.1) is 12.3 Å². The molecule has 0 fully saturated rings. The van der Waals surface area contributed by atoms with Crippen LogP contribution in [-0.2, 0) is 4.74 Å². The molecule has 0 aliphatic heterocycles. The molecule has 0 saturated heterocycles. The summed E-state index contributed by atoms with van der Waals surface area (Å²) in [6.07, 6.45) is 3.50. The van der Waals surface area contributed by atoms with Gasteiger partial charge in [0.15, 0.2) is 5.82 Å². The second kappa shape index (κ2) is 7.90. The first-order chi connectivity index (χ1) is 11.6. The first-order valence-electron chi connectivity index (χ1n) is 7.41. The number of nitrogens with one attached hydrogen (secondary N) is 2. The number of halogens is 3. The number of hydrogen-bond donors (Lipinski definition) is 2. The highest BCUT2D eigenvalue weighted by atomic mass is 35.5. The number of H-pyrrole nitrogens is 1. The molecular formula is C18H16ClF2N3O. The normalized spacial score (nSPS) is 10.8. The molecule has 0 aliphatic rings. The second-order valence-corrected chi connectivity index (χ2v) is 5.14. The predicted molar refractivity (Wildman–Crippen MR) is 97.1 cm³/mol. The molecule has 0 amide bonds. The summed E-state index contributed by atoms with van der Waals surface area (Å²) >= 11 is 0. The molecule has 3 aromatic rings. The van der Waals surface area contributed by atoms with Crippen LogP contribution in [0.4, 0.5) is 8.78 Å². The van der Waals surface area contributed by atoms with Crippen molar-refractivity contribution in [1.82, 2.24) is 10.2 Å². The summed E-state index contributed by atoms with van der Waals surface area (Å²) in [5, 5.41) is 15.1. The van der Waals surface area contributed by atoms with Gasteiger partial charge in [-0.3, -0.25) is 10.5 Å². The SMILES string of the molecule is CCOC(=N)c1cc(F)c2n[nH]c(C=Cc3ccc(F)cc3)c2c1.Cl. The molecule has 7 heteroatoms. The Kier molecular flexibility index (Phi) is 5.88. The molecular weight excluding hydrogens is 348 g/mol. The Hall–Kier alpha value is -2.73. The van der Waals surface area contributed by atoms with Crippen molar-refractivity contribution in [3.63, 3.8) is 0 Å². The Morgan fingerprint density at radius 3 is 2.60 bits per heavy atom. The summed E-state index contributed by atoms with van der Waals surface area (Å²) in [6.45, 7) is 2.10. The van der Waals surface area contributed by atoms with Gasteiger partial charge in [-0.05, 0) is 42.8 Å². The summed E-state index contributed by atoms with van der Waals surface area (Å²) < 4.78 is 32.2. The minimum absolute atomic E-state index is 0. The van der Waals surface area contributed by atoms with Gasteiger partial charge in [0.1, 0.15) is 11.3 Å². The van der Waals surface area contributed by atoms with E-state index in [0.29, 0.717) is 23.3 Å². The maximum Gasteiger partial charge on any atom is 0.213 e. The molecule has 2 aromatic carbocycles. The van der Waals surface area contributed by atoms with Crippen LogP contribution in [0.15, 0.2) is 36.4 Å². The Morgan fingerprint density at radius 2 is 1.92 bits per heavy atom. The Balaban J connectivity index is 0.00000225. The first kappa shape index (κ1) is 18.6. The van der Waals surface area contributed by atoms with E-state index in [9.17, 15) is 8.78 Å². The molecule has 0 radical (unpaired) electrons. The van der Waals surface area contributed by atoms with E-state index >= 15 is 0 Å². The topological polar surface area (TPSA) is 61.8 Å². The van der Waals surface area contributed by atoms with Crippen molar-refractivity contribution in [2.24, 2.45) is 0 Å². The Morgan fingerprint density at radius 1 is 1.20 bits per heavy atom. The number of ether oxygens (including phenoxy) is 1. The Bertz CT molecular complexity index is 920. The van der Waals surface area contributed by atoms with Crippen LogP contribution < -0.4 is 0 Å². The van der Waals surface area contributed by atoms with Crippen LogP contribution in [0.5, 0.6) is 0 Å². The van der Waals surface area contributed by atoms with Crippen molar-refractivity contribution in [3.05, 3.63) is 64.9 Å². The molecule has 0 spiro atoms. The van der Waals surface area contributed by atoms with E-state index in [2.05, 4.69) is 10.2 Å². The number of fused-ring (bicyclic) bond motifs is 1. The molecule has 3 rings (SSSR count). The van der Waals surface area contributed by atoms with E-state index in [1.807, 2.05) is 0 Å². The average Bonchev–Trinajstić information content (AvgIpc) is 2.98. The van der Waals surface area contributed by atoms with Crippen molar-refractivity contribution in [3.8, 4) is 0 Å². The standard InChI is InChI=1S/C18H15F2N3O.ClH/c1-2-24-18(21)12-9-14-16(22-23-17(14)15(20)10-12)8-5-11-3-6-13(19)7-4-11;/h3-10,21H,2H2,1H3,(H,22,23);1H. The average molecular weight is 364 g/mol. The fourth-order valence-electron chi connectivity index (χ4n) is 2.33. The fourth-order valence-corrected chi connectivity index (χ4v) is 2.33. The first-order valence-corrected chi connectivity index (χ1v) is 7.41. The number of aromatic amines is 1. The zero-order chi connectivity index (χ0) is 17.1. The van der Waals surface area contributed by atoms with Crippen LogP contribution in [-0.4, -0.2) is 22.7 Å². The number of aromatic nitrogens is 2.